The number of piperidine rings is 3. The molecule has 4 heterocycles. The summed E-state index contributed by atoms with van der Waals surface area (Å²) in [7, 11) is 0. The van der Waals surface area contributed by atoms with Gasteiger partial charge in [0.2, 0.25) is 5.78 Å². The van der Waals surface area contributed by atoms with Crippen molar-refractivity contribution in [3.63, 3.8) is 0 Å². The van der Waals surface area contributed by atoms with Crippen LogP contribution in [0.2, 0.25) is 0 Å². The number of nitrogens with two attached hydrogens (primary N) is 1. The number of esters is 1. The van der Waals surface area contributed by atoms with Crippen molar-refractivity contribution in [3.05, 3.63) is 88.1 Å². The zero-order chi connectivity index (χ0) is 31.2. The van der Waals surface area contributed by atoms with E-state index in [1.54, 1.807) is 11.4 Å². The number of anilines is 1. The molecule has 6 rings (SSSR count). The van der Waals surface area contributed by atoms with Crippen LogP contribution in [0, 0.1) is 5.92 Å². The van der Waals surface area contributed by atoms with Crippen LogP contribution < -0.4 is 16.2 Å². The maximum Gasteiger partial charge on any atom is 0.430 e. The van der Waals surface area contributed by atoms with E-state index in [-0.39, 0.29) is 11.9 Å². The van der Waals surface area contributed by atoms with Crippen molar-refractivity contribution in [2.45, 2.75) is 31.2 Å². The number of carboxylic acid groups (broad SMARTS) is 1. The lowest BCUT2D eigenvalue weighted by atomic mass is 9.82. The Morgan fingerprint density at radius 2 is 1.58 bits per heavy atom. The molecule has 1 amide bonds. The highest BCUT2D eigenvalue weighted by Crippen LogP contribution is 2.37. The quantitative estimate of drug-likeness (QED) is 0.213. The number of primary amides is 1. The molecular formula is C30H30F3N3O6S. The Morgan fingerprint density at radius 3 is 2.14 bits per heavy atom. The van der Waals surface area contributed by atoms with Crippen LogP contribution in [0.15, 0.2) is 72.1 Å². The van der Waals surface area contributed by atoms with Gasteiger partial charge in [-0.3, -0.25) is 9.59 Å². The SMILES string of the molecule is NC(=O)c1sccc1NC(C(=O)O[C@H]1C[N+]2(CC(=O)c3ccccc3)CCC1CC2)c1ccccc1.O=C([O-])C(F)(F)F. The van der Waals surface area contributed by atoms with Crippen LogP contribution in [0.5, 0.6) is 0 Å². The number of hydrogen-bond acceptors (Lipinski definition) is 8. The van der Waals surface area contributed by atoms with Crippen LogP contribution in [-0.4, -0.2) is 66.6 Å². The third-order valence-electron chi connectivity index (χ3n) is 7.67. The Kier molecular flexibility index (Phi) is 9.87. The fourth-order valence-electron chi connectivity index (χ4n) is 5.51. The lowest BCUT2D eigenvalue weighted by Gasteiger charge is -2.51. The van der Waals surface area contributed by atoms with Gasteiger partial charge in [-0.05, 0) is 17.0 Å². The molecule has 0 aliphatic carbocycles. The molecule has 3 aromatic rings. The van der Waals surface area contributed by atoms with E-state index in [0.717, 1.165) is 37.1 Å². The maximum atomic E-state index is 13.6. The summed E-state index contributed by atoms with van der Waals surface area (Å²) in [6.45, 7) is 2.91. The Labute approximate surface area is 249 Å². The smallest absolute Gasteiger partial charge is 0.430 e. The second-order valence-electron chi connectivity index (χ2n) is 10.5. The van der Waals surface area contributed by atoms with E-state index in [0.29, 0.717) is 34.1 Å². The molecule has 0 radical (unpaired) electrons. The second-order valence-corrected chi connectivity index (χ2v) is 11.4. The van der Waals surface area contributed by atoms with Crippen molar-refractivity contribution in [2.24, 2.45) is 11.7 Å². The lowest BCUT2D eigenvalue weighted by Crippen LogP contribution is -2.65. The average Bonchev–Trinajstić information content (AvgIpc) is 3.46. The number of carbonyl (C=O) groups excluding carboxylic acids is 4. The minimum absolute atomic E-state index is 0.126. The van der Waals surface area contributed by atoms with E-state index >= 15 is 0 Å². The number of hydrogen-bond donors (Lipinski definition) is 2. The van der Waals surface area contributed by atoms with Gasteiger partial charge >= 0.3 is 12.1 Å². The molecule has 2 aromatic carbocycles. The Bertz CT molecular complexity index is 1440. The van der Waals surface area contributed by atoms with Crippen LogP contribution in [-0.2, 0) is 14.3 Å². The molecule has 3 N–H and O–H groups in total. The van der Waals surface area contributed by atoms with E-state index in [9.17, 15) is 27.6 Å². The minimum Gasteiger partial charge on any atom is -0.542 e. The van der Waals surface area contributed by atoms with E-state index in [1.165, 1.54) is 11.3 Å². The molecule has 9 nitrogen and oxygen atoms in total. The molecule has 3 saturated heterocycles. The Morgan fingerprint density at radius 1 is 1.00 bits per heavy atom. The number of nitrogens with zero attached hydrogens (tertiary/aromatic N) is 1. The lowest BCUT2D eigenvalue weighted by molar-refractivity contribution is -0.938. The van der Waals surface area contributed by atoms with Gasteiger partial charge in [-0.1, -0.05) is 60.7 Å². The molecule has 0 spiro atoms. The Balaban J connectivity index is 0.000000541. The van der Waals surface area contributed by atoms with Gasteiger partial charge in [0.1, 0.15) is 23.9 Å². The van der Waals surface area contributed by atoms with Gasteiger partial charge in [0.05, 0.1) is 18.8 Å². The van der Waals surface area contributed by atoms with E-state index in [1.807, 2.05) is 60.7 Å². The summed E-state index contributed by atoms with van der Waals surface area (Å²) in [5.41, 5.74) is 7.51. The number of ketones is 1. The fraction of sp³-hybridized carbons (Fsp3) is 0.333. The van der Waals surface area contributed by atoms with Gasteiger partial charge in [-0.2, -0.15) is 13.2 Å². The van der Waals surface area contributed by atoms with Crippen LogP contribution in [0.3, 0.4) is 0 Å². The number of carbonyl (C=O) groups is 4. The number of aliphatic carboxylic acids is 1. The zero-order valence-electron chi connectivity index (χ0n) is 22.9. The molecule has 3 aliphatic heterocycles. The van der Waals surface area contributed by atoms with Gasteiger partial charge in [0.15, 0.2) is 12.1 Å². The monoisotopic (exact) mass is 617 g/mol. The molecule has 2 bridgehead atoms. The summed E-state index contributed by atoms with van der Waals surface area (Å²) in [6.07, 6.45) is -3.59. The summed E-state index contributed by atoms with van der Waals surface area (Å²) in [4.78, 5) is 47.6. The predicted octanol–water partition coefficient (Wildman–Crippen LogP) is 3.33. The van der Waals surface area contributed by atoms with Crippen molar-refractivity contribution in [2.75, 3.05) is 31.5 Å². The van der Waals surface area contributed by atoms with Gasteiger partial charge in [0.25, 0.3) is 5.91 Å². The van der Waals surface area contributed by atoms with E-state index in [4.69, 9.17) is 20.4 Å². The highest BCUT2D eigenvalue weighted by atomic mass is 32.1. The summed E-state index contributed by atoms with van der Waals surface area (Å²) in [5, 5.41) is 13.7. The number of benzene rings is 2. The fourth-order valence-corrected chi connectivity index (χ4v) is 6.22. The third-order valence-corrected chi connectivity index (χ3v) is 8.60. The number of halogens is 3. The number of ether oxygens (including phenoxy) is 1. The highest BCUT2D eigenvalue weighted by molar-refractivity contribution is 7.12. The van der Waals surface area contributed by atoms with Crippen molar-refractivity contribution in [1.29, 1.82) is 0 Å². The van der Waals surface area contributed by atoms with Crippen LogP contribution in [0.1, 0.15) is 44.5 Å². The van der Waals surface area contributed by atoms with E-state index in [2.05, 4.69) is 5.32 Å². The van der Waals surface area contributed by atoms with Gasteiger partial charge in [-0.15, -0.1) is 11.3 Å². The first-order chi connectivity index (χ1) is 20.4. The predicted molar refractivity (Wildman–Crippen MR) is 150 cm³/mol. The summed E-state index contributed by atoms with van der Waals surface area (Å²) in [5.74, 6) is -3.53. The molecule has 2 atom stereocenters. The maximum absolute atomic E-state index is 13.6. The van der Waals surface area contributed by atoms with E-state index < -0.39 is 30.1 Å². The number of Topliss-reactive ketones (excluding diaryl/α,β-unsaturated/α-hetero) is 1. The largest absolute Gasteiger partial charge is 0.542 e. The standard InChI is InChI=1S/C28H29N3O4S.C2HF3O2/c29-27(33)26-22(13-16-36-26)30-25(21-9-5-2-6-10-21)28(34)35-24-18-31(14-11-20(24)12-15-31)17-23(32)19-7-3-1-4-8-19;3-2(4,5)1(6)7/h1-10,13,16,20,24-25H,11-12,14-15,17-18H2,(H2-,29,30,33);(H,6,7)/t20?,24-,25?,31?;/m0./s1. The number of rotatable bonds is 9. The van der Waals surface area contributed by atoms with Crippen molar-refractivity contribution >= 4 is 40.7 Å². The number of quaternary nitrogens is 1. The number of alkyl halides is 3. The summed E-state index contributed by atoms with van der Waals surface area (Å²) in [6, 6.07) is 19.7. The first-order valence-electron chi connectivity index (χ1n) is 13.5. The molecule has 1 aromatic heterocycles. The van der Waals surface area contributed by atoms with Crippen LogP contribution in [0.25, 0.3) is 0 Å². The number of thiophene rings is 1. The van der Waals surface area contributed by atoms with Crippen molar-refractivity contribution < 1.29 is 46.7 Å². The molecule has 43 heavy (non-hydrogen) atoms. The molecule has 1 unspecified atom stereocenters. The molecule has 13 heteroatoms. The number of nitrogens with one attached hydrogen (secondary N) is 1. The summed E-state index contributed by atoms with van der Waals surface area (Å²) < 4.78 is 38.4. The van der Waals surface area contributed by atoms with Crippen molar-refractivity contribution in [3.8, 4) is 0 Å². The third kappa shape index (κ3) is 7.99. The molecule has 228 valence electrons. The molecule has 3 aliphatic rings. The van der Waals surface area contributed by atoms with Crippen molar-refractivity contribution in [1.82, 2.24) is 0 Å². The number of carboxylic acids is 1. The number of fused-ring (bicyclic) bond motifs is 3. The van der Waals surface area contributed by atoms with Gasteiger partial charge in [-0.25, -0.2) is 4.79 Å². The second kappa shape index (κ2) is 13.4. The average molecular weight is 618 g/mol. The number of amides is 1. The first-order valence-corrected chi connectivity index (χ1v) is 14.4. The first kappa shape index (κ1) is 31.7. The van der Waals surface area contributed by atoms with Gasteiger partial charge in [0, 0.05) is 24.3 Å². The molecule has 3 fully saturated rings. The topological polar surface area (TPSA) is 139 Å². The van der Waals surface area contributed by atoms with Gasteiger partial charge < -0.3 is 30.2 Å². The summed E-state index contributed by atoms with van der Waals surface area (Å²) >= 11 is 1.23. The van der Waals surface area contributed by atoms with Crippen LogP contribution in [0.4, 0.5) is 18.9 Å². The minimum atomic E-state index is -5.19. The molecular weight excluding hydrogens is 587 g/mol. The Hall–Kier alpha value is -4.23. The molecule has 0 saturated carbocycles. The highest BCUT2D eigenvalue weighted by Gasteiger charge is 2.49. The normalized spacial score (nSPS) is 21.6. The van der Waals surface area contributed by atoms with Crippen LogP contribution >= 0.6 is 11.3 Å². The zero-order valence-corrected chi connectivity index (χ0v) is 23.7.